The maximum atomic E-state index is 11.6. The minimum atomic E-state index is 0.0886. The second-order valence-electron chi connectivity index (χ2n) is 3.32. The lowest BCUT2D eigenvalue weighted by molar-refractivity contribution is 0.0985. The maximum Gasteiger partial charge on any atom is 0.166 e. The first-order valence-electron chi connectivity index (χ1n) is 4.70. The molecule has 0 aliphatic carbocycles. The molecule has 2 nitrogen and oxygen atoms in total. The topological polar surface area (TPSA) is 26.3 Å². The Bertz CT molecular complexity index is 385. The molecule has 0 N–H and O–H groups in total. The zero-order chi connectivity index (χ0) is 10.1. The Labute approximate surface area is 87.8 Å². The van der Waals surface area contributed by atoms with Crippen LogP contribution in [0.4, 0.5) is 0 Å². The molecule has 3 heteroatoms. The van der Waals surface area contributed by atoms with Gasteiger partial charge in [-0.25, -0.2) is 0 Å². The van der Waals surface area contributed by atoms with Gasteiger partial charge in [0.05, 0.1) is 12.2 Å². The summed E-state index contributed by atoms with van der Waals surface area (Å²) in [5.74, 6) is 0.826. The molecule has 74 valence electrons. The van der Waals surface area contributed by atoms with E-state index in [9.17, 15) is 4.79 Å². The minimum absolute atomic E-state index is 0.0886. The summed E-state index contributed by atoms with van der Waals surface area (Å²) in [5, 5.41) is 0.617. The predicted octanol–water partition coefficient (Wildman–Crippen LogP) is 2.87. The van der Waals surface area contributed by atoms with Gasteiger partial charge in [0.2, 0.25) is 0 Å². The van der Waals surface area contributed by atoms with Crippen LogP contribution in [0.5, 0.6) is 5.75 Å². The van der Waals surface area contributed by atoms with Crippen LogP contribution in [0.15, 0.2) is 12.1 Å². The molecule has 0 fully saturated rings. The Balaban J connectivity index is 2.54. The molecule has 1 heterocycles. The van der Waals surface area contributed by atoms with Crippen LogP contribution in [-0.4, -0.2) is 12.4 Å². The quantitative estimate of drug-likeness (QED) is 0.702. The Kier molecular flexibility index (Phi) is 2.46. The van der Waals surface area contributed by atoms with Crippen molar-refractivity contribution in [3.63, 3.8) is 0 Å². The van der Waals surface area contributed by atoms with Gasteiger partial charge < -0.3 is 4.74 Å². The molecule has 0 saturated heterocycles. The monoisotopic (exact) mass is 210 g/mol. The minimum Gasteiger partial charge on any atom is -0.492 e. The third kappa shape index (κ3) is 1.50. The first kappa shape index (κ1) is 9.53. The number of halogens is 1. The molecule has 0 saturated carbocycles. The largest absolute Gasteiger partial charge is 0.492 e. The summed E-state index contributed by atoms with van der Waals surface area (Å²) in [6.45, 7) is 2.49. The lowest BCUT2D eigenvalue weighted by atomic mass is 10.0. The number of rotatable bonds is 2. The van der Waals surface area contributed by atoms with Crippen LogP contribution < -0.4 is 4.74 Å². The number of ketones is 1. The number of ether oxygens (including phenoxy) is 1. The van der Waals surface area contributed by atoms with Gasteiger partial charge in [-0.2, -0.15) is 0 Å². The zero-order valence-corrected chi connectivity index (χ0v) is 8.73. The van der Waals surface area contributed by atoms with Gasteiger partial charge in [-0.1, -0.05) is 18.5 Å². The van der Waals surface area contributed by atoms with E-state index in [1.54, 1.807) is 6.07 Å². The van der Waals surface area contributed by atoms with E-state index in [1.165, 1.54) is 0 Å². The van der Waals surface area contributed by atoms with Gasteiger partial charge in [-0.15, -0.1) is 0 Å². The number of fused-ring (bicyclic) bond motifs is 1. The van der Waals surface area contributed by atoms with E-state index in [2.05, 4.69) is 0 Å². The molecular formula is C11H11ClO2. The number of hydrogen-bond donors (Lipinski definition) is 0. The molecule has 0 amide bonds. The van der Waals surface area contributed by atoms with Crippen LogP contribution in [0.3, 0.4) is 0 Å². The highest BCUT2D eigenvalue weighted by molar-refractivity contribution is 6.31. The van der Waals surface area contributed by atoms with Crippen molar-refractivity contribution in [2.45, 2.75) is 19.8 Å². The molecular weight excluding hydrogens is 200 g/mol. The van der Waals surface area contributed by atoms with E-state index in [-0.39, 0.29) is 5.78 Å². The van der Waals surface area contributed by atoms with Crippen molar-refractivity contribution in [2.75, 3.05) is 6.61 Å². The molecule has 1 aliphatic heterocycles. The van der Waals surface area contributed by atoms with Crippen molar-refractivity contribution in [3.05, 3.63) is 28.3 Å². The average Bonchev–Trinajstić information content (AvgIpc) is 2.62. The summed E-state index contributed by atoms with van der Waals surface area (Å²) in [6, 6.07) is 3.56. The molecule has 1 aromatic carbocycles. The molecule has 0 aromatic heterocycles. The number of benzene rings is 1. The lowest BCUT2D eigenvalue weighted by Gasteiger charge is -2.06. The van der Waals surface area contributed by atoms with E-state index in [1.807, 2.05) is 13.0 Å². The summed E-state index contributed by atoms with van der Waals surface area (Å²) >= 11 is 5.92. The Hall–Kier alpha value is -1.02. The summed E-state index contributed by atoms with van der Waals surface area (Å²) in [7, 11) is 0. The highest BCUT2D eigenvalue weighted by atomic mass is 35.5. The second kappa shape index (κ2) is 3.62. The van der Waals surface area contributed by atoms with E-state index in [0.29, 0.717) is 23.6 Å². The Morgan fingerprint density at radius 3 is 3.07 bits per heavy atom. The molecule has 1 aromatic rings. The first-order valence-corrected chi connectivity index (χ1v) is 5.08. The van der Waals surface area contributed by atoms with Crippen LogP contribution in [0, 0.1) is 0 Å². The molecule has 0 unspecified atom stereocenters. The summed E-state index contributed by atoms with van der Waals surface area (Å²) < 4.78 is 5.43. The van der Waals surface area contributed by atoms with Crippen molar-refractivity contribution in [3.8, 4) is 5.75 Å². The van der Waals surface area contributed by atoms with Crippen molar-refractivity contribution < 1.29 is 9.53 Å². The number of carbonyl (C=O) groups excluding carboxylic acids is 1. The molecule has 2 rings (SSSR count). The number of hydrogen-bond acceptors (Lipinski definition) is 2. The summed E-state index contributed by atoms with van der Waals surface area (Å²) in [5.41, 5.74) is 1.68. The number of carbonyl (C=O) groups is 1. The normalized spacial score (nSPS) is 13.6. The molecule has 0 bridgehead atoms. The average molecular weight is 211 g/mol. The van der Waals surface area contributed by atoms with Crippen LogP contribution in [0.1, 0.15) is 29.3 Å². The van der Waals surface area contributed by atoms with E-state index >= 15 is 0 Å². The summed E-state index contributed by atoms with van der Waals surface area (Å²) in [6.07, 6.45) is 1.33. The van der Waals surface area contributed by atoms with Crippen LogP contribution >= 0.6 is 11.6 Å². The molecule has 1 aliphatic rings. The zero-order valence-electron chi connectivity index (χ0n) is 7.97. The van der Waals surface area contributed by atoms with Crippen molar-refractivity contribution in [1.29, 1.82) is 0 Å². The standard InChI is InChI=1S/C11H11ClO2/c1-2-10(13)9-6-8(12)5-7-3-4-14-11(7)9/h5-6H,2-4H2,1H3. The first-order chi connectivity index (χ1) is 6.72. The number of Topliss-reactive ketones (excluding diaryl/α,β-unsaturated/α-hetero) is 1. The van der Waals surface area contributed by atoms with Gasteiger partial charge >= 0.3 is 0 Å². The molecule has 0 radical (unpaired) electrons. The third-order valence-corrected chi connectivity index (χ3v) is 2.59. The highest BCUT2D eigenvalue weighted by Crippen LogP contribution is 2.33. The van der Waals surface area contributed by atoms with Crippen LogP contribution in [-0.2, 0) is 6.42 Å². The van der Waals surface area contributed by atoms with E-state index in [0.717, 1.165) is 17.7 Å². The van der Waals surface area contributed by atoms with Gasteiger partial charge in [0.25, 0.3) is 0 Å². The summed E-state index contributed by atoms with van der Waals surface area (Å²) in [4.78, 5) is 11.6. The van der Waals surface area contributed by atoms with E-state index < -0.39 is 0 Å². The fourth-order valence-electron chi connectivity index (χ4n) is 1.67. The fraction of sp³-hybridized carbons (Fsp3) is 0.364. The van der Waals surface area contributed by atoms with Gasteiger partial charge in [-0.05, 0) is 17.7 Å². The van der Waals surface area contributed by atoms with Crippen molar-refractivity contribution in [2.24, 2.45) is 0 Å². The lowest BCUT2D eigenvalue weighted by Crippen LogP contribution is -2.00. The molecule has 0 spiro atoms. The highest BCUT2D eigenvalue weighted by Gasteiger charge is 2.20. The third-order valence-electron chi connectivity index (χ3n) is 2.37. The Morgan fingerprint density at radius 1 is 1.57 bits per heavy atom. The van der Waals surface area contributed by atoms with Gasteiger partial charge in [0.1, 0.15) is 5.75 Å². The van der Waals surface area contributed by atoms with Crippen LogP contribution in [0.2, 0.25) is 5.02 Å². The van der Waals surface area contributed by atoms with Crippen LogP contribution in [0.25, 0.3) is 0 Å². The van der Waals surface area contributed by atoms with Gasteiger partial charge in [0, 0.05) is 17.9 Å². The molecule has 14 heavy (non-hydrogen) atoms. The smallest absolute Gasteiger partial charge is 0.166 e. The van der Waals surface area contributed by atoms with Gasteiger partial charge in [-0.3, -0.25) is 4.79 Å². The maximum absolute atomic E-state index is 11.6. The van der Waals surface area contributed by atoms with Gasteiger partial charge in [0.15, 0.2) is 5.78 Å². The predicted molar refractivity (Wildman–Crippen MR) is 55.3 cm³/mol. The van der Waals surface area contributed by atoms with Crippen molar-refractivity contribution in [1.82, 2.24) is 0 Å². The van der Waals surface area contributed by atoms with E-state index in [4.69, 9.17) is 16.3 Å². The van der Waals surface area contributed by atoms with Crippen molar-refractivity contribution >= 4 is 17.4 Å². The second-order valence-corrected chi connectivity index (χ2v) is 3.75. The fourth-order valence-corrected chi connectivity index (χ4v) is 1.91. The molecule has 0 atom stereocenters. The Morgan fingerprint density at radius 2 is 2.36 bits per heavy atom. The SMILES string of the molecule is CCC(=O)c1cc(Cl)cc2c1OCC2.